The second kappa shape index (κ2) is 7.01. The predicted octanol–water partition coefficient (Wildman–Crippen LogP) is 1.84. The molecule has 1 aromatic carbocycles. The van der Waals surface area contributed by atoms with Gasteiger partial charge in [-0.25, -0.2) is 26.6 Å². The largest absolute Gasteiger partial charge is 0.491 e. The van der Waals surface area contributed by atoms with Crippen molar-refractivity contribution >= 4 is 17.5 Å². The fourth-order valence-corrected chi connectivity index (χ4v) is 2.04. The highest BCUT2D eigenvalue weighted by Crippen LogP contribution is 2.27. The lowest BCUT2D eigenvalue weighted by molar-refractivity contribution is -0.394. The number of amides is 1. The molecular formula is C13H6F5N7O3. The smallest absolute Gasteiger partial charge is 0.390 e. The Labute approximate surface area is 150 Å². The summed E-state index contributed by atoms with van der Waals surface area (Å²) in [6.07, 6.45) is 2.23. The first kappa shape index (κ1) is 18.9. The minimum atomic E-state index is -2.36. The maximum Gasteiger partial charge on any atom is 0.491 e. The van der Waals surface area contributed by atoms with Gasteiger partial charge in [-0.1, -0.05) is 4.98 Å². The van der Waals surface area contributed by atoms with Crippen LogP contribution in [-0.4, -0.2) is 35.4 Å². The Morgan fingerprint density at radius 1 is 1.04 bits per heavy atom. The summed E-state index contributed by atoms with van der Waals surface area (Å²) in [6, 6.07) is 1.08. The molecule has 0 aliphatic carbocycles. The molecule has 0 saturated heterocycles. The lowest BCUT2D eigenvalue weighted by Gasteiger charge is -2.08. The highest BCUT2D eigenvalue weighted by molar-refractivity contribution is 6.02. The molecule has 0 saturated carbocycles. The monoisotopic (exact) mass is 403 g/mol. The lowest BCUT2D eigenvalue weighted by Crippen LogP contribution is -2.18. The van der Waals surface area contributed by atoms with Gasteiger partial charge in [0, 0.05) is 11.3 Å². The van der Waals surface area contributed by atoms with Gasteiger partial charge < -0.3 is 15.4 Å². The van der Waals surface area contributed by atoms with E-state index in [2.05, 4.69) is 15.2 Å². The maximum absolute atomic E-state index is 13.6. The molecule has 0 spiro atoms. The Kier molecular flexibility index (Phi) is 4.72. The number of aromatic nitrogens is 5. The van der Waals surface area contributed by atoms with Gasteiger partial charge >= 0.3 is 5.95 Å². The van der Waals surface area contributed by atoms with E-state index in [1.165, 1.54) is 6.20 Å². The molecule has 3 rings (SSSR count). The number of halogens is 5. The summed E-state index contributed by atoms with van der Waals surface area (Å²) in [5.74, 6) is -13.1. The van der Waals surface area contributed by atoms with Crippen LogP contribution in [0.25, 0.3) is 0 Å². The molecule has 3 aromatic rings. The van der Waals surface area contributed by atoms with Crippen molar-refractivity contribution in [3.63, 3.8) is 0 Å². The molecule has 0 aliphatic heterocycles. The number of nitro groups is 1. The standard InChI is InChI=1S/C13H6F5N7O3/c14-6-7(15)9(17)11(10(18)8(6)16)20-12(26)5-1-2-23(21-5)4-24-3-19-13(22-24)25(27)28/h1-3H,4H2,(H,20,26). The molecule has 1 N–H and O–H groups in total. The van der Waals surface area contributed by atoms with E-state index in [0.717, 1.165) is 21.8 Å². The third kappa shape index (κ3) is 3.36. The van der Waals surface area contributed by atoms with E-state index in [1.54, 1.807) is 5.32 Å². The molecule has 146 valence electrons. The minimum Gasteiger partial charge on any atom is -0.390 e. The van der Waals surface area contributed by atoms with Gasteiger partial charge in [0.2, 0.25) is 12.1 Å². The van der Waals surface area contributed by atoms with Crippen LogP contribution in [0.2, 0.25) is 0 Å². The zero-order valence-electron chi connectivity index (χ0n) is 13.2. The molecule has 28 heavy (non-hydrogen) atoms. The Balaban J connectivity index is 1.79. The van der Waals surface area contributed by atoms with Gasteiger partial charge in [0.1, 0.15) is 5.69 Å². The Hall–Kier alpha value is -3.91. The van der Waals surface area contributed by atoms with Crippen LogP contribution < -0.4 is 5.32 Å². The van der Waals surface area contributed by atoms with Crippen LogP contribution in [0.15, 0.2) is 18.6 Å². The normalized spacial score (nSPS) is 10.9. The summed E-state index contributed by atoms with van der Waals surface area (Å²) in [6.45, 7) is -0.212. The van der Waals surface area contributed by atoms with Crippen LogP contribution in [0, 0.1) is 39.2 Å². The van der Waals surface area contributed by atoms with Gasteiger partial charge in [-0.15, -0.1) is 0 Å². The number of hydrogen-bond acceptors (Lipinski definition) is 6. The number of hydrogen-bond donors (Lipinski definition) is 1. The van der Waals surface area contributed by atoms with Crippen molar-refractivity contribution in [1.29, 1.82) is 0 Å². The van der Waals surface area contributed by atoms with Crippen LogP contribution in [0.3, 0.4) is 0 Å². The number of nitrogens with one attached hydrogen (secondary N) is 1. The fourth-order valence-electron chi connectivity index (χ4n) is 2.04. The molecule has 0 fully saturated rings. The topological polar surface area (TPSA) is 121 Å². The molecule has 1 amide bonds. The van der Waals surface area contributed by atoms with Crippen molar-refractivity contribution in [2.24, 2.45) is 0 Å². The van der Waals surface area contributed by atoms with Gasteiger partial charge in [0.05, 0.1) is 0 Å². The minimum absolute atomic E-state index is 0.212. The van der Waals surface area contributed by atoms with E-state index in [1.807, 2.05) is 0 Å². The molecule has 10 nitrogen and oxygen atoms in total. The molecule has 0 atom stereocenters. The molecule has 2 heterocycles. The van der Waals surface area contributed by atoms with Crippen molar-refractivity contribution in [3.05, 3.63) is 63.5 Å². The van der Waals surface area contributed by atoms with E-state index in [9.17, 15) is 36.9 Å². The van der Waals surface area contributed by atoms with E-state index in [0.29, 0.717) is 0 Å². The summed E-state index contributed by atoms with van der Waals surface area (Å²) in [5, 5.41) is 19.3. The summed E-state index contributed by atoms with van der Waals surface area (Å²) in [5.41, 5.74) is -1.96. The van der Waals surface area contributed by atoms with Crippen LogP contribution in [0.1, 0.15) is 10.5 Å². The van der Waals surface area contributed by atoms with Crippen molar-refractivity contribution < 1.29 is 31.7 Å². The Bertz CT molecular complexity index is 1070. The number of benzene rings is 1. The molecule has 0 unspecified atom stereocenters. The fraction of sp³-hybridized carbons (Fsp3) is 0.0769. The SMILES string of the molecule is O=C(Nc1c(F)c(F)c(F)c(F)c1F)c1ccn(Cn2cnc([N+](=O)[O-])n2)n1. The number of anilines is 1. The first-order chi connectivity index (χ1) is 13.2. The third-order valence-electron chi connectivity index (χ3n) is 3.30. The van der Waals surface area contributed by atoms with Crippen molar-refractivity contribution in [2.75, 3.05) is 5.32 Å². The first-order valence-electron chi connectivity index (χ1n) is 7.09. The van der Waals surface area contributed by atoms with Crippen molar-refractivity contribution in [2.45, 2.75) is 6.67 Å². The van der Waals surface area contributed by atoms with Crippen molar-refractivity contribution in [1.82, 2.24) is 24.5 Å². The van der Waals surface area contributed by atoms with Crippen LogP contribution in [-0.2, 0) is 6.67 Å². The summed E-state index contributed by atoms with van der Waals surface area (Å²) >= 11 is 0. The summed E-state index contributed by atoms with van der Waals surface area (Å²) in [7, 11) is 0. The van der Waals surface area contributed by atoms with Crippen LogP contribution in [0.5, 0.6) is 0 Å². The zero-order chi connectivity index (χ0) is 20.6. The molecule has 2 aromatic heterocycles. The zero-order valence-corrected chi connectivity index (χ0v) is 13.2. The van der Waals surface area contributed by atoms with E-state index < -0.39 is 57.2 Å². The second-order valence-electron chi connectivity index (χ2n) is 5.12. The number of rotatable bonds is 5. The number of nitrogens with zero attached hydrogens (tertiary/aromatic N) is 6. The first-order valence-corrected chi connectivity index (χ1v) is 7.09. The molecule has 0 bridgehead atoms. The summed E-state index contributed by atoms with van der Waals surface area (Å²) < 4.78 is 68.6. The molecule has 0 aliphatic rings. The molecule has 0 radical (unpaired) electrons. The predicted molar refractivity (Wildman–Crippen MR) is 78.5 cm³/mol. The van der Waals surface area contributed by atoms with E-state index in [-0.39, 0.29) is 6.67 Å². The van der Waals surface area contributed by atoms with Crippen LogP contribution >= 0.6 is 0 Å². The second-order valence-corrected chi connectivity index (χ2v) is 5.12. The Morgan fingerprint density at radius 2 is 1.64 bits per heavy atom. The van der Waals surface area contributed by atoms with E-state index in [4.69, 9.17) is 0 Å². The van der Waals surface area contributed by atoms with Crippen LogP contribution in [0.4, 0.5) is 33.6 Å². The average molecular weight is 403 g/mol. The van der Waals surface area contributed by atoms with Gasteiger partial charge in [-0.05, 0) is 11.0 Å². The maximum atomic E-state index is 13.6. The van der Waals surface area contributed by atoms with Gasteiger partial charge in [0.15, 0.2) is 35.6 Å². The van der Waals surface area contributed by atoms with Crippen molar-refractivity contribution in [3.8, 4) is 0 Å². The third-order valence-corrected chi connectivity index (χ3v) is 3.30. The highest BCUT2D eigenvalue weighted by atomic mass is 19.2. The van der Waals surface area contributed by atoms with Gasteiger partial charge in [-0.3, -0.25) is 4.79 Å². The lowest BCUT2D eigenvalue weighted by atomic mass is 10.2. The van der Waals surface area contributed by atoms with E-state index >= 15 is 0 Å². The molecule has 15 heteroatoms. The molecular weight excluding hydrogens is 397 g/mol. The highest BCUT2D eigenvalue weighted by Gasteiger charge is 2.27. The number of carbonyl (C=O) groups is 1. The van der Waals surface area contributed by atoms with Gasteiger partial charge in [0.25, 0.3) is 5.91 Å². The van der Waals surface area contributed by atoms with Gasteiger partial charge in [-0.2, -0.15) is 9.78 Å². The number of carbonyl (C=O) groups excluding carboxylic acids is 1. The summed E-state index contributed by atoms with van der Waals surface area (Å²) in [4.78, 5) is 25.1. The quantitative estimate of drug-likeness (QED) is 0.228. The average Bonchev–Trinajstić information content (AvgIpc) is 3.32. The Morgan fingerprint density at radius 3 is 2.21 bits per heavy atom.